The molecule has 0 radical (unpaired) electrons. The predicted molar refractivity (Wildman–Crippen MR) is 159 cm³/mol. The lowest BCUT2D eigenvalue weighted by atomic mass is 9.58. The van der Waals surface area contributed by atoms with E-state index < -0.39 is 32.7 Å². The summed E-state index contributed by atoms with van der Waals surface area (Å²) < 4.78 is 31.7. The van der Waals surface area contributed by atoms with Crippen LogP contribution >= 0.6 is 0 Å². The maximum Gasteiger partial charge on any atom is 0.312 e. The summed E-state index contributed by atoms with van der Waals surface area (Å²) in [6, 6.07) is 14.8. The first kappa shape index (κ1) is 31.9. The van der Waals surface area contributed by atoms with Gasteiger partial charge >= 0.3 is 5.97 Å². The van der Waals surface area contributed by atoms with Crippen molar-refractivity contribution in [3.8, 4) is 11.3 Å². The Morgan fingerprint density at radius 1 is 1.07 bits per heavy atom. The highest BCUT2D eigenvalue weighted by Crippen LogP contribution is 2.56. The molecule has 230 valence electrons. The van der Waals surface area contributed by atoms with Crippen molar-refractivity contribution < 1.29 is 32.3 Å². The van der Waals surface area contributed by atoms with E-state index in [-0.39, 0.29) is 55.3 Å². The first-order valence-corrected chi connectivity index (χ1v) is 16.0. The number of carbonyl (C=O) groups is 3. The van der Waals surface area contributed by atoms with Crippen molar-refractivity contribution in [2.24, 2.45) is 5.41 Å². The molecule has 2 aromatic carbocycles. The largest absolute Gasteiger partial charge is 0.481 e. The smallest absolute Gasteiger partial charge is 0.312 e. The Labute approximate surface area is 251 Å². The molecular weight excluding hydrogens is 572 g/mol. The standard InChI is InChI=1S/C31H38N4O7S/c1-4-12-27(36)34-19-18-30(29(38)39,17-11-20-43(40,41)23-13-7-6-8-14-23)31(28(37)32-3,35(34)5-2)25-16-10-9-15-24(25)26-21-42-22-33-26/h6-10,13-16,21-22H,4-5,11-12,17-20H2,1-3H3,(H,32,37)(H,38,39)/t30-,31-/m1/s1. The van der Waals surface area contributed by atoms with Crippen molar-refractivity contribution in [3.05, 3.63) is 72.8 Å². The number of nitrogens with one attached hydrogen (secondary N) is 1. The van der Waals surface area contributed by atoms with Gasteiger partial charge in [-0.15, -0.1) is 0 Å². The lowest BCUT2D eigenvalue weighted by molar-refractivity contribution is -0.221. The minimum atomic E-state index is -3.73. The molecule has 1 fully saturated rings. The molecule has 1 aromatic heterocycles. The van der Waals surface area contributed by atoms with E-state index in [0.717, 1.165) is 0 Å². The molecule has 2 atom stereocenters. The number of benzene rings is 2. The van der Waals surface area contributed by atoms with Gasteiger partial charge in [-0.05, 0) is 43.4 Å². The fourth-order valence-corrected chi connectivity index (χ4v) is 7.75. The molecule has 3 aromatic rings. The number of sulfone groups is 1. The molecule has 1 aliphatic rings. The van der Waals surface area contributed by atoms with E-state index in [9.17, 15) is 27.9 Å². The molecule has 43 heavy (non-hydrogen) atoms. The minimum absolute atomic E-state index is 0.0329. The van der Waals surface area contributed by atoms with E-state index in [1.165, 1.54) is 36.8 Å². The van der Waals surface area contributed by atoms with Crippen LogP contribution in [0.3, 0.4) is 0 Å². The van der Waals surface area contributed by atoms with E-state index in [2.05, 4.69) is 10.3 Å². The third-order valence-electron chi connectivity index (χ3n) is 8.28. The quantitative estimate of drug-likeness (QED) is 0.311. The first-order valence-electron chi connectivity index (χ1n) is 14.4. The van der Waals surface area contributed by atoms with Gasteiger partial charge in [0.2, 0.25) is 11.8 Å². The van der Waals surface area contributed by atoms with E-state index in [0.29, 0.717) is 23.2 Å². The van der Waals surface area contributed by atoms with Crippen molar-refractivity contribution in [3.63, 3.8) is 0 Å². The highest BCUT2D eigenvalue weighted by Gasteiger charge is 2.68. The SMILES string of the molecule is CCCC(=O)N1CC[C@](CCCS(=O)(=O)c2ccccc2)(C(=O)O)[C@](C(=O)NC)(c2ccccc2-c2cocn2)N1CC. The zero-order chi connectivity index (χ0) is 31.3. The van der Waals surface area contributed by atoms with Crippen LogP contribution in [0.25, 0.3) is 11.3 Å². The second-order valence-corrected chi connectivity index (χ2v) is 12.7. The molecular formula is C31H38N4O7S. The molecule has 0 bridgehead atoms. The van der Waals surface area contributed by atoms with Crippen molar-refractivity contribution in [1.82, 2.24) is 20.3 Å². The maximum absolute atomic E-state index is 14.5. The van der Waals surface area contributed by atoms with E-state index in [1.54, 1.807) is 54.4 Å². The number of hydrazine groups is 1. The van der Waals surface area contributed by atoms with E-state index >= 15 is 0 Å². The molecule has 1 aliphatic heterocycles. The summed E-state index contributed by atoms with van der Waals surface area (Å²) in [4.78, 5) is 46.1. The number of hydrogen-bond acceptors (Lipinski definition) is 8. The fourth-order valence-electron chi connectivity index (χ4n) is 6.42. The fraction of sp³-hybridized carbons (Fsp3) is 0.419. The van der Waals surface area contributed by atoms with Crippen LogP contribution in [0.2, 0.25) is 0 Å². The molecule has 2 amide bonds. The van der Waals surface area contributed by atoms with Crippen LogP contribution in [0.5, 0.6) is 0 Å². The summed E-state index contributed by atoms with van der Waals surface area (Å²) in [6.45, 7) is 3.81. The summed E-state index contributed by atoms with van der Waals surface area (Å²) in [6.07, 6.45) is 3.16. The molecule has 1 saturated heterocycles. The van der Waals surface area contributed by atoms with Gasteiger partial charge in [-0.3, -0.25) is 19.4 Å². The van der Waals surface area contributed by atoms with Gasteiger partial charge in [-0.1, -0.05) is 56.3 Å². The van der Waals surface area contributed by atoms with Gasteiger partial charge in [0.15, 0.2) is 21.8 Å². The average molecular weight is 611 g/mol. The zero-order valence-corrected chi connectivity index (χ0v) is 25.5. The zero-order valence-electron chi connectivity index (χ0n) is 24.7. The van der Waals surface area contributed by atoms with Crippen LogP contribution in [-0.2, 0) is 29.8 Å². The Bertz CT molecular complexity index is 1550. The van der Waals surface area contributed by atoms with Crippen molar-refractivity contribution >= 4 is 27.6 Å². The van der Waals surface area contributed by atoms with Crippen LogP contribution in [0, 0.1) is 5.41 Å². The summed E-state index contributed by atoms with van der Waals surface area (Å²) in [7, 11) is -2.30. The van der Waals surface area contributed by atoms with Crippen LogP contribution in [-0.4, -0.2) is 72.2 Å². The van der Waals surface area contributed by atoms with Crippen LogP contribution in [0.1, 0.15) is 51.5 Å². The lowest BCUT2D eigenvalue weighted by Gasteiger charge is -2.59. The minimum Gasteiger partial charge on any atom is -0.481 e. The topological polar surface area (TPSA) is 150 Å². The van der Waals surface area contributed by atoms with Gasteiger partial charge in [0.1, 0.15) is 17.4 Å². The Kier molecular flexibility index (Phi) is 9.71. The number of oxazole rings is 1. The second-order valence-electron chi connectivity index (χ2n) is 10.6. The highest BCUT2D eigenvalue weighted by molar-refractivity contribution is 7.91. The van der Waals surface area contributed by atoms with Gasteiger partial charge in [0.05, 0.1) is 10.6 Å². The van der Waals surface area contributed by atoms with Gasteiger partial charge in [0.25, 0.3) is 0 Å². The number of rotatable bonds is 12. The Morgan fingerprint density at radius 3 is 2.37 bits per heavy atom. The van der Waals surface area contributed by atoms with Gasteiger partial charge in [-0.25, -0.2) is 13.4 Å². The molecule has 0 unspecified atom stereocenters. The number of aromatic nitrogens is 1. The third-order valence-corrected chi connectivity index (χ3v) is 10.1. The first-order chi connectivity index (χ1) is 20.6. The van der Waals surface area contributed by atoms with E-state index in [4.69, 9.17) is 4.42 Å². The monoisotopic (exact) mass is 610 g/mol. The Morgan fingerprint density at radius 2 is 1.77 bits per heavy atom. The van der Waals surface area contributed by atoms with Crippen molar-refractivity contribution in [2.45, 2.75) is 56.4 Å². The number of nitrogens with zero attached hydrogens (tertiary/aromatic N) is 3. The molecule has 12 heteroatoms. The molecule has 11 nitrogen and oxygen atoms in total. The van der Waals surface area contributed by atoms with Crippen molar-refractivity contribution in [2.75, 3.05) is 25.9 Å². The van der Waals surface area contributed by atoms with Crippen LogP contribution in [0.15, 0.2) is 76.6 Å². The predicted octanol–water partition coefficient (Wildman–Crippen LogP) is 3.88. The number of carboxylic acids is 1. The number of carboxylic acid groups (broad SMARTS) is 1. The Balaban J connectivity index is 1.97. The van der Waals surface area contributed by atoms with Gasteiger partial charge in [0, 0.05) is 32.1 Å². The molecule has 0 saturated carbocycles. The summed E-state index contributed by atoms with van der Waals surface area (Å²) in [5.74, 6) is -2.44. The maximum atomic E-state index is 14.5. The average Bonchev–Trinajstić information content (AvgIpc) is 3.55. The number of likely N-dealkylation sites (N-methyl/N-ethyl adjacent to an activating group) is 2. The van der Waals surface area contributed by atoms with E-state index in [1.807, 2.05) is 6.92 Å². The second kappa shape index (κ2) is 13.1. The summed E-state index contributed by atoms with van der Waals surface area (Å²) in [5.41, 5.74) is -2.62. The Hall–Kier alpha value is -4.03. The number of carbonyl (C=O) groups excluding carboxylic acids is 2. The third kappa shape index (κ3) is 5.56. The normalized spacial score (nSPS) is 21.0. The number of hydrogen-bond donors (Lipinski definition) is 2. The summed E-state index contributed by atoms with van der Waals surface area (Å²) in [5, 5.41) is 16.9. The molecule has 2 heterocycles. The summed E-state index contributed by atoms with van der Waals surface area (Å²) >= 11 is 0. The van der Waals surface area contributed by atoms with Crippen LogP contribution < -0.4 is 5.32 Å². The molecule has 2 N–H and O–H groups in total. The van der Waals surface area contributed by atoms with Crippen LogP contribution in [0.4, 0.5) is 0 Å². The molecule has 4 rings (SSSR count). The van der Waals surface area contributed by atoms with Crippen molar-refractivity contribution in [1.29, 1.82) is 0 Å². The lowest BCUT2D eigenvalue weighted by Crippen LogP contribution is -2.75. The number of aliphatic carboxylic acids is 1. The highest BCUT2D eigenvalue weighted by atomic mass is 32.2. The van der Waals surface area contributed by atoms with Gasteiger partial charge in [-0.2, -0.15) is 5.01 Å². The molecule has 0 aliphatic carbocycles. The molecule has 0 spiro atoms. The number of amides is 2. The van der Waals surface area contributed by atoms with Gasteiger partial charge < -0.3 is 14.8 Å².